The molecule has 1 aromatic heterocycles. The van der Waals surface area contributed by atoms with Crippen LogP contribution in [-0.2, 0) is 17.9 Å². The van der Waals surface area contributed by atoms with Crippen molar-refractivity contribution >= 4 is 5.97 Å². The predicted molar refractivity (Wildman–Crippen MR) is 67.2 cm³/mol. The molecule has 0 saturated heterocycles. The second kappa shape index (κ2) is 5.90. The Kier molecular flexibility index (Phi) is 4.02. The van der Waals surface area contributed by atoms with Crippen molar-refractivity contribution < 1.29 is 19.4 Å². The van der Waals surface area contributed by atoms with E-state index in [4.69, 9.17) is 14.6 Å². The minimum Gasteiger partial charge on any atom is -0.497 e. The standard InChI is InChI=1S/C13H14N2O4/c1-18-11-4-2-3-10(5-11)9-19-12-6-14-15(7-12)8-13(16)17/h2-7H,8-9H2,1H3,(H,16,17). The van der Waals surface area contributed by atoms with Gasteiger partial charge in [-0.15, -0.1) is 0 Å². The highest BCUT2D eigenvalue weighted by Crippen LogP contribution is 2.15. The molecule has 0 unspecified atom stereocenters. The second-order valence-corrected chi connectivity index (χ2v) is 3.91. The molecule has 2 aromatic rings. The Bertz CT molecular complexity index is 565. The third-order valence-corrected chi connectivity index (χ3v) is 2.45. The average Bonchev–Trinajstić information content (AvgIpc) is 2.83. The number of hydrogen-bond donors (Lipinski definition) is 1. The summed E-state index contributed by atoms with van der Waals surface area (Å²) < 4.78 is 11.9. The summed E-state index contributed by atoms with van der Waals surface area (Å²) in [5.41, 5.74) is 0.963. The number of aliphatic carboxylic acids is 1. The molecule has 1 heterocycles. The van der Waals surface area contributed by atoms with Gasteiger partial charge in [0.25, 0.3) is 0 Å². The van der Waals surface area contributed by atoms with Gasteiger partial charge in [0.05, 0.1) is 19.5 Å². The fourth-order valence-corrected chi connectivity index (χ4v) is 1.57. The van der Waals surface area contributed by atoms with Gasteiger partial charge < -0.3 is 14.6 Å². The fraction of sp³-hybridized carbons (Fsp3) is 0.231. The summed E-state index contributed by atoms with van der Waals surface area (Å²) in [7, 11) is 1.61. The van der Waals surface area contributed by atoms with Crippen LogP contribution < -0.4 is 9.47 Å². The average molecular weight is 262 g/mol. The van der Waals surface area contributed by atoms with Crippen LogP contribution in [0.3, 0.4) is 0 Å². The molecule has 6 nitrogen and oxygen atoms in total. The van der Waals surface area contributed by atoms with Gasteiger partial charge in [-0.1, -0.05) is 12.1 Å². The number of hydrogen-bond acceptors (Lipinski definition) is 4. The summed E-state index contributed by atoms with van der Waals surface area (Å²) in [5, 5.41) is 12.5. The summed E-state index contributed by atoms with van der Waals surface area (Å²) >= 11 is 0. The van der Waals surface area contributed by atoms with E-state index in [1.54, 1.807) is 13.3 Å². The first kappa shape index (κ1) is 12.9. The van der Waals surface area contributed by atoms with Crippen LogP contribution in [0.4, 0.5) is 0 Å². The Labute approximate surface area is 110 Å². The normalized spacial score (nSPS) is 10.2. The van der Waals surface area contributed by atoms with E-state index >= 15 is 0 Å². The first-order valence-electron chi connectivity index (χ1n) is 5.67. The van der Waals surface area contributed by atoms with Crippen LogP contribution >= 0.6 is 0 Å². The van der Waals surface area contributed by atoms with Crippen LogP contribution in [0.25, 0.3) is 0 Å². The van der Waals surface area contributed by atoms with Crippen LogP contribution in [0.5, 0.6) is 11.5 Å². The van der Waals surface area contributed by atoms with Gasteiger partial charge in [-0.3, -0.25) is 9.48 Å². The minimum atomic E-state index is -0.942. The molecular weight excluding hydrogens is 248 g/mol. The molecule has 0 radical (unpaired) electrons. The number of methoxy groups -OCH3 is 1. The third-order valence-electron chi connectivity index (χ3n) is 2.45. The molecule has 0 bridgehead atoms. The van der Waals surface area contributed by atoms with Crippen molar-refractivity contribution in [2.45, 2.75) is 13.2 Å². The zero-order chi connectivity index (χ0) is 13.7. The maximum atomic E-state index is 10.5. The minimum absolute atomic E-state index is 0.178. The lowest BCUT2D eigenvalue weighted by atomic mass is 10.2. The molecule has 0 aliphatic carbocycles. The smallest absolute Gasteiger partial charge is 0.325 e. The zero-order valence-corrected chi connectivity index (χ0v) is 10.4. The lowest BCUT2D eigenvalue weighted by Crippen LogP contribution is -2.08. The maximum Gasteiger partial charge on any atom is 0.325 e. The van der Waals surface area contributed by atoms with Gasteiger partial charge in [0, 0.05) is 0 Å². The Hall–Kier alpha value is -2.50. The van der Waals surface area contributed by atoms with Crippen molar-refractivity contribution in [3.05, 3.63) is 42.2 Å². The summed E-state index contributed by atoms with van der Waals surface area (Å²) in [6, 6.07) is 7.53. The molecule has 6 heteroatoms. The van der Waals surface area contributed by atoms with Crippen LogP contribution in [-0.4, -0.2) is 28.0 Å². The quantitative estimate of drug-likeness (QED) is 0.855. The summed E-state index contributed by atoms with van der Waals surface area (Å²) in [5.74, 6) is 0.356. The number of carbonyl (C=O) groups is 1. The van der Waals surface area contributed by atoms with Crippen LogP contribution in [0.1, 0.15) is 5.56 Å². The van der Waals surface area contributed by atoms with Crippen molar-refractivity contribution in [2.24, 2.45) is 0 Å². The Morgan fingerprint density at radius 2 is 2.26 bits per heavy atom. The van der Waals surface area contributed by atoms with Gasteiger partial charge in [-0.2, -0.15) is 5.10 Å². The van der Waals surface area contributed by atoms with E-state index in [0.717, 1.165) is 11.3 Å². The fourth-order valence-electron chi connectivity index (χ4n) is 1.57. The predicted octanol–water partition coefficient (Wildman–Crippen LogP) is 1.56. The molecule has 1 aromatic carbocycles. The molecule has 0 aliphatic heterocycles. The molecule has 0 spiro atoms. The van der Waals surface area contributed by atoms with Gasteiger partial charge in [0.15, 0.2) is 5.75 Å². The molecule has 0 atom stereocenters. The van der Waals surface area contributed by atoms with Gasteiger partial charge in [0.2, 0.25) is 0 Å². The Morgan fingerprint density at radius 3 is 3.00 bits per heavy atom. The van der Waals surface area contributed by atoms with E-state index in [9.17, 15) is 4.79 Å². The lowest BCUT2D eigenvalue weighted by molar-refractivity contribution is -0.137. The van der Waals surface area contributed by atoms with Gasteiger partial charge >= 0.3 is 5.97 Å². The molecular formula is C13H14N2O4. The highest BCUT2D eigenvalue weighted by Gasteiger charge is 2.04. The van der Waals surface area contributed by atoms with Crippen molar-refractivity contribution in [1.29, 1.82) is 0 Å². The molecule has 1 N–H and O–H groups in total. The first-order chi connectivity index (χ1) is 9.17. The van der Waals surface area contributed by atoms with Crippen LogP contribution in [0.15, 0.2) is 36.7 Å². The van der Waals surface area contributed by atoms with Gasteiger partial charge in [0.1, 0.15) is 18.9 Å². The monoisotopic (exact) mass is 262 g/mol. The number of benzene rings is 1. The number of ether oxygens (including phenoxy) is 2. The van der Waals surface area contributed by atoms with E-state index in [-0.39, 0.29) is 6.54 Å². The van der Waals surface area contributed by atoms with E-state index in [0.29, 0.717) is 12.4 Å². The van der Waals surface area contributed by atoms with Crippen molar-refractivity contribution in [1.82, 2.24) is 9.78 Å². The van der Waals surface area contributed by atoms with Gasteiger partial charge in [-0.05, 0) is 17.7 Å². The van der Waals surface area contributed by atoms with Crippen molar-refractivity contribution in [2.75, 3.05) is 7.11 Å². The molecule has 0 saturated carbocycles. The van der Waals surface area contributed by atoms with E-state index in [1.807, 2.05) is 24.3 Å². The van der Waals surface area contributed by atoms with Crippen molar-refractivity contribution in [3.63, 3.8) is 0 Å². The second-order valence-electron chi connectivity index (χ2n) is 3.91. The van der Waals surface area contributed by atoms with E-state index in [1.165, 1.54) is 10.9 Å². The highest BCUT2D eigenvalue weighted by molar-refractivity contribution is 5.66. The number of carboxylic acid groups (broad SMARTS) is 1. The number of aromatic nitrogens is 2. The third kappa shape index (κ3) is 3.74. The number of nitrogens with zero attached hydrogens (tertiary/aromatic N) is 2. The summed E-state index contributed by atoms with van der Waals surface area (Å²) in [6.45, 7) is 0.193. The summed E-state index contributed by atoms with van der Waals surface area (Å²) in [6.07, 6.45) is 3.04. The topological polar surface area (TPSA) is 73.6 Å². The molecule has 0 aliphatic rings. The number of carboxylic acids is 1. The SMILES string of the molecule is COc1cccc(COc2cnn(CC(=O)O)c2)c1. The molecule has 0 fully saturated rings. The van der Waals surface area contributed by atoms with Crippen molar-refractivity contribution in [3.8, 4) is 11.5 Å². The number of rotatable bonds is 6. The molecule has 100 valence electrons. The summed E-state index contributed by atoms with van der Waals surface area (Å²) in [4.78, 5) is 10.5. The maximum absolute atomic E-state index is 10.5. The Balaban J connectivity index is 1.94. The molecule has 19 heavy (non-hydrogen) atoms. The van der Waals surface area contributed by atoms with Crippen LogP contribution in [0, 0.1) is 0 Å². The van der Waals surface area contributed by atoms with E-state index < -0.39 is 5.97 Å². The first-order valence-corrected chi connectivity index (χ1v) is 5.67. The van der Waals surface area contributed by atoms with Crippen LogP contribution in [0.2, 0.25) is 0 Å². The molecule has 0 amide bonds. The van der Waals surface area contributed by atoms with Gasteiger partial charge in [-0.25, -0.2) is 0 Å². The lowest BCUT2D eigenvalue weighted by Gasteiger charge is -2.05. The zero-order valence-electron chi connectivity index (χ0n) is 10.4. The van der Waals surface area contributed by atoms with E-state index in [2.05, 4.69) is 5.10 Å². The highest BCUT2D eigenvalue weighted by atomic mass is 16.5. The molecule has 2 rings (SSSR count). The largest absolute Gasteiger partial charge is 0.497 e. The Morgan fingerprint density at radius 1 is 1.42 bits per heavy atom.